The molecule has 0 bridgehead atoms. The molecule has 2 amide bonds. The molecule has 1 saturated heterocycles. The van der Waals surface area contributed by atoms with Crippen LogP contribution in [0.4, 0.5) is 16.2 Å². The van der Waals surface area contributed by atoms with Gasteiger partial charge in [-0.15, -0.1) is 0 Å². The number of fused-ring (bicyclic) bond motifs is 3. The highest BCUT2D eigenvalue weighted by molar-refractivity contribution is 7.99. The van der Waals surface area contributed by atoms with E-state index in [1.807, 2.05) is 52.3 Å². The number of nitrogens with one attached hydrogen (secondary N) is 1. The molecule has 1 N–H and O–H groups in total. The van der Waals surface area contributed by atoms with E-state index in [-0.39, 0.29) is 6.03 Å². The van der Waals surface area contributed by atoms with Crippen molar-refractivity contribution in [1.82, 2.24) is 4.90 Å². The zero-order valence-corrected chi connectivity index (χ0v) is 18.4. The normalized spacial score (nSPS) is 17.1. The maximum absolute atomic E-state index is 13.7. The van der Waals surface area contributed by atoms with Crippen molar-refractivity contribution in [1.29, 1.82) is 0 Å². The van der Waals surface area contributed by atoms with Crippen molar-refractivity contribution < 1.29 is 19.2 Å². The summed E-state index contributed by atoms with van der Waals surface area (Å²) in [6.07, 6.45) is 0. The summed E-state index contributed by atoms with van der Waals surface area (Å²) in [5.74, 6) is 1.65. The Bertz CT molecular complexity index is 1130. The number of para-hydroxylation sites is 2. The number of rotatable bonds is 2. The fraction of sp³-hybridized carbons (Fsp3) is 0.240. The van der Waals surface area contributed by atoms with Crippen LogP contribution in [-0.4, -0.2) is 43.9 Å². The maximum Gasteiger partial charge on any atom is 0.329 e. The standard InChI is InChI=1S/C25H23N3O3S/c29-25(28-19-5-1-3-7-23(19)32-24-8-4-2-6-20(24)28)27-13-11-26(12-14-27)16-18-9-10-21-22(15-18)31-17-30-21/h1-10,15H,11-14,16-17H2/p+1. The lowest BCUT2D eigenvalue weighted by molar-refractivity contribution is -0.917. The number of carbonyl (C=O) groups is 1. The molecule has 0 aliphatic carbocycles. The first-order valence-corrected chi connectivity index (χ1v) is 11.7. The second-order valence-electron chi connectivity index (χ2n) is 8.26. The summed E-state index contributed by atoms with van der Waals surface area (Å²) in [7, 11) is 0. The minimum Gasteiger partial charge on any atom is -0.454 e. The highest BCUT2D eigenvalue weighted by Crippen LogP contribution is 2.48. The van der Waals surface area contributed by atoms with Gasteiger partial charge in [-0.25, -0.2) is 4.79 Å². The van der Waals surface area contributed by atoms with E-state index in [2.05, 4.69) is 24.3 Å². The Morgan fingerprint density at radius 1 is 0.875 bits per heavy atom. The van der Waals surface area contributed by atoms with E-state index in [1.54, 1.807) is 11.8 Å². The largest absolute Gasteiger partial charge is 0.454 e. The van der Waals surface area contributed by atoms with Gasteiger partial charge >= 0.3 is 6.03 Å². The van der Waals surface area contributed by atoms with Crippen LogP contribution in [0.1, 0.15) is 5.56 Å². The monoisotopic (exact) mass is 446 g/mol. The molecule has 0 saturated carbocycles. The summed E-state index contributed by atoms with van der Waals surface area (Å²) in [5.41, 5.74) is 3.17. The fourth-order valence-corrected chi connectivity index (χ4v) is 5.64. The lowest BCUT2D eigenvalue weighted by atomic mass is 10.1. The molecular weight excluding hydrogens is 422 g/mol. The Hall–Kier alpha value is -3.16. The van der Waals surface area contributed by atoms with Gasteiger partial charge in [-0.2, -0.15) is 0 Å². The van der Waals surface area contributed by atoms with Crippen molar-refractivity contribution in [3.63, 3.8) is 0 Å². The summed E-state index contributed by atoms with van der Waals surface area (Å²) in [6.45, 7) is 4.55. The number of amides is 2. The van der Waals surface area contributed by atoms with Crippen molar-refractivity contribution >= 4 is 29.2 Å². The van der Waals surface area contributed by atoms with Gasteiger partial charge in [-0.3, -0.25) is 4.90 Å². The van der Waals surface area contributed by atoms with E-state index in [1.165, 1.54) is 10.5 Å². The van der Waals surface area contributed by atoms with Crippen LogP contribution in [0.5, 0.6) is 11.5 Å². The van der Waals surface area contributed by atoms with Crippen LogP contribution in [0.15, 0.2) is 76.5 Å². The third kappa shape index (κ3) is 3.47. The predicted molar refractivity (Wildman–Crippen MR) is 123 cm³/mol. The molecule has 7 heteroatoms. The van der Waals surface area contributed by atoms with Crippen LogP contribution in [0.25, 0.3) is 0 Å². The molecule has 0 aromatic heterocycles. The molecule has 0 radical (unpaired) electrons. The Labute approximate surface area is 191 Å². The van der Waals surface area contributed by atoms with Crippen LogP contribution in [0, 0.1) is 0 Å². The van der Waals surface area contributed by atoms with Gasteiger partial charge in [0.1, 0.15) is 6.54 Å². The van der Waals surface area contributed by atoms with Gasteiger partial charge in [0.15, 0.2) is 11.5 Å². The van der Waals surface area contributed by atoms with E-state index < -0.39 is 0 Å². The van der Waals surface area contributed by atoms with E-state index in [0.29, 0.717) is 6.79 Å². The average molecular weight is 447 g/mol. The van der Waals surface area contributed by atoms with Gasteiger partial charge in [0.25, 0.3) is 0 Å². The number of nitrogens with zero attached hydrogens (tertiary/aromatic N) is 2. The molecule has 3 aromatic rings. The highest BCUT2D eigenvalue weighted by Gasteiger charge is 2.33. The maximum atomic E-state index is 13.7. The van der Waals surface area contributed by atoms with Crippen molar-refractivity contribution in [2.75, 3.05) is 37.9 Å². The first kappa shape index (κ1) is 19.5. The highest BCUT2D eigenvalue weighted by atomic mass is 32.2. The van der Waals surface area contributed by atoms with Crippen molar-refractivity contribution in [3.05, 3.63) is 72.3 Å². The summed E-state index contributed by atoms with van der Waals surface area (Å²) in [5, 5.41) is 0. The average Bonchev–Trinajstić information content (AvgIpc) is 3.30. The lowest BCUT2D eigenvalue weighted by Crippen LogP contribution is -3.13. The molecule has 162 valence electrons. The van der Waals surface area contributed by atoms with Crippen molar-refractivity contribution in [2.24, 2.45) is 0 Å². The molecule has 1 fully saturated rings. The van der Waals surface area contributed by atoms with Crippen LogP contribution < -0.4 is 19.3 Å². The molecular formula is C25H24N3O3S+. The Kier molecular flexibility index (Phi) is 4.92. The van der Waals surface area contributed by atoms with E-state index in [4.69, 9.17) is 9.47 Å². The van der Waals surface area contributed by atoms with Crippen molar-refractivity contribution in [3.8, 4) is 11.5 Å². The number of hydrogen-bond acceptors (Lipinski definition) is 4. The molecule has 3 heterocycles. The predicted octanol–water partition coefficient (Wildman–Crippen LogP) is 3.54. The lowest BCUT2D eigenvalue weighted by Gasteiger charge is -2.38. The number of carbonyl (C=O) groups excluding carboxylic acids is 1. The molecule has 0 spiro atoms. The zero-order chi connectivity index (χ0) is 21.5. The van der Waals surface area contributed by atoms with Gasteiger partial charge in [-0.1, -0.05) is 36.0 Å². The van der Waals surface area contributed by atoms with Crippen LogP contribution in [-0.2, 0) is 6.54 Å². The first-order chi connectivity index (χ1) is 15.8. The third-order valence-electron chi connectivity index (χ3n) is 6.26. The number of hydrogen-bond donors (Lipinski definition) is 1. The molecule has 6 nitrogen and oxygen atoms in total. The number of urea groups is 1. The Balaban J connectivity index is 1.17. The molecule has 3 aliphatic heterocycles. The number of ether oxygens (including phenoxy) is 2. The van der Waals surface area contributed by atoms with E-state index in [9.17, 15) is 4.79 Å². The van der Waals surface area contributed by atoms with Gasteiger partial charge in [0.05, 0.1) is 37.6 Å². The summed E-state index contributed by atoms with van der Waals surface area (Å²) < 4.78 is 10.9. The van der Waals surface area contributed by atoms with Crippen LogP contribution in [0.3, 0.4) is 0 Å². The molecule has 0 unspecified atom stereocenters. The number of anilines is 2. The third-order valence-corrected chi connectivity index (χ3v) is 7.39. The van der Waals surface area contributed by atoms with E-state index in [0.717, 1.165) is 65.4 Å². The Morgan fingerprint density at radius 3 is 2.25 bits per heavy atom. The second kappa shape index (κ2) is 8.07. The van der Waals surface area contributed by atoms with Gasteiger partial charge in [0.2, 0.25) is 6.79 Å². The minimum absolute atomic E-state index is 0.0623. The molecule has 3 aromatic carbocycles. The van der Waals surface area contributed by atoms with Crippen LogP contribution >= 0.6 is 11.8 Å². The van der Waals surface area contributed by atoms with Crippen LogP contribution in [0.2, 0.25) is 0 Å². The molecule has 32 heavy (non-hydrogen) atoms. The molecule has 3 aliphatic rings. The van der Waals surface area contributed by atoms with Gasteiger partial charge in [0, 0.05) is 15.4 Å². The molecule has 6 rings (SSSR count). The summed E-state index contributed by atoms with van der Waals surface area (Å²) in [4.78, 5) is 21.3. The van der Waals surface area contributed by atoms with Gasteiger partial charge in [-0.05, 0) is 42.5 Å². The summed E-state index contributed by atoms with van der Waals surface area (Å²) >= 11 is 1.72. The quantitative estimate of drug-likeness (QED) is 0.654. The minimum atomic E-state index is 0.0623. The summed E-state index contributed by atoms with van der Waals surface area (Å²) in [6, 6.07) is 22.5. The smallest absolute Gasteiger partial charge is 0.329 e. The topological polar surface area (TPSA) is 46.5 Å². The second-order valence-corrected chi connectivity index (χ2v) is 9.34. The van der Waals surface area contributed by atoms with Gasteiger partial charge < -0.3 is 19.3 Å². The molecule has 0 atom stereocenters. The first-order valence-electron chi connectivity index (χ1n) is 10.9. The number of quaternary nitrogens is 1. The number of benzene rings is 3. The Morgan fingerprint density at radius 2 is 1.53 bits per heavy atom. The number of piperazine rings is 1. The SMILES string of the molecule is O=C(N1CC[NH+](Cc2ccc3c(c2)OCO3)CC1)N1c2ccccc2Sc2ccccc21. The van der Waals surface area contributed by atoms with E-state index >= 15 is 0 Å². The zero-order valence-electron chi connectivity index (χ0n) is 17.6. The van der Waals surface area contributed by atoms with Crippen molar-refractivity contribution in [2.45, 2.75) is 16.3 Å². The fourth-order valence-electron chi connectivity index (χ4n) is 4.58.